The molecule has 342 valence electrons. The van der Waals surface area contributed by atoms with Crippen LogP contribution in [-0.2, 0) is 24.0 Å². The van der Waals surface area contributed by atoms with Gasteiger partial charge in [-0.2, -0.15) is 5.21 Å². The van der Waals surface area contributed by atoms with Crippen LogP contribution in [0, 0.1) is 0 Å². The molecule has 0 radical (unpaired) electrons. The molecular formula is C39H65N11O11. The van der Waals surface area contributed by atoms with Crippen molar-refractivity contribution in [3.8, 4) is 0 Å². The van der Waals surface area contributed by atoms with Crippen LogP contribution in [0.5, 0.6) is 0 Å². The van der Waals surface area contributed by atoms with E-state index >= 15 is 0 Å². The van der Waals surface area contributed by atoms with E-state index in [0.717, 1.165) is 27.3 Å². The number of nitrogens with zero attached hydrogens (tertiary/aromatic N) is 5. The topological polar surface area (TPSA) is 365 Å². The largest absolute Gasteiger partial charge is 0.858 e. The second-order valence-electron chi connectivity index (χ2n) is 14.3. The van der Waals surface area contributed by atoms with Crippen molar-refractivity contribution in [2.24, 2.45) is 4.99 Å². The molecule has 0 spiro atoms. The number of carbonyl (C=O) groups excluding carboxylic acids is 5. The van der Waals surface area contributed by atoms with Gasteiger partial charge in [-0.05, 0) is 97.2 Å². The van der Waals surface area contributed by atoms with Gasteiger partial charge in [0.05, 0.1) is 31.3 Å². The van der Waals surface area contributed by atoms with E-state index in [1.807, 2.05) is 0 Å². The summed E-state index contributed by atoms with van der Waals surface area (Å²) in [6.45, 7) is 28.3. The number of quaternary nitrogens is 1. The number of H-pyrrole nitrogens is 1. The summed E-state index contributed by atoms with van der Waals surface area (Å²) >= 11 is 0. The van der Waals surface area contributed by atoms with E-state index in [0.29, 0.717) is 29.1 Å². The first-order valence-electron chi connectivity index (χ1n) is 18.3. The van der Waals surface area contributed by atoms with Gasteiger partial charge in [-0.3, -0.25) is 24.0 Å². The number of amides is 4. The SMILES string of the molecule is C=C(C)C(=O)NCC(C)O.C=C(C)C(=O)NCC[NH3+].C=C(C)C([O-])=Nc1nn[nH]n1.C=CC(=O)Nc1ccccn1.CC(=O)C(=O)NC(C)(C)C(C)(O)C(C)(O)C(C)(O)CO. The van der Waals surface area contributed by atoms with Gasteiger partial charge >= 0.3 is 0 Å². The Bertz CT molecular complexity index is 1770. The molecule has 2 heterocycles. The van der Waals surface area contributed by atoms with Gasteiger partial charge in [0.25, 0.3) is 11.9 Å². The van der Waals surface area contributed by atoms with E-state index in [9.17, 15) is 44.4 Å². The predicted molar refractivity (Wildman–Crippen MR) is 226 cm³/mol. The number of pyridine rings is 1. The highest BCUT2D eigenvalue weighted by molar-refractivity contribution is 6.35. The number of aliphatic hydroxyl groups is 5. The predicted octanol–water partition coefficient (Wildman–Crippen LogP) is -1.93. The Kier molecular flexibility index (Phi) is 27.6. The summed E-state index contributed by atoms with van der Waals surface area (Å²) in [7, 11) is 0. The van der Waals surface area contributed by atoms with Gasteiger partial charge < -0.3 is 57.6 Å². The zero-order valence-electron chi connectivity index (χ0n) is 36.7. The molecular weight excluding hydrogens is 798 g/mol. The standard InChI is InChI=1S/C13H25NO6.C8H8N2O.C7H13NO2.C6H12N2O.C5H7N5O/c1-8(16)9(17)14-10(2,3)12(5,19)13(6,20)11(4,18)7-15;1-2-8(11)10-7-5-3-4-6-9-7;1-5(2)7(10)8-4-6(3)9;1-5(2)6(9)8-4-3-7;1-3(2)4(11)6-5-7-9-10-8-5/h15,18-20H,7H2,1-6H3,(H,14,17);2-6H,1H2,(H,9,10,11);6,9H,1,4H2,2-3H3,(H,8,10);1,3-4,7H2,2H3,(H,8,9);1H2,2H3,(H2,6,7,8,9,10,11). The molecule has 0 bridgehead atoms. The lowest BCUT2D eigenvalue weighted by molar-refractivity contribution is -0.364. The molecule has 2 aromatic rings. The number of tetrazole rings is 1. The minimum atomic E-state index is -2.16. The Morgan fingerprint density at radius 3 is 1.84 bits per heavy atom. The van der Waals surface area contributed by atoms with E-state index in [2.05, 4.69) is 83.9 Å². The van der Waals surface area contributed by atoms with Gasteiger partial charge in [-0.1, -0.05) is 37.5 Å². The maximum Gasteiger partial charge on any atom is 0.288 e. The molecule has 22 nitrogen and oxygen atoms in total. The van der Waals surface area contributed by atoms with E-state index in [1.165, 1.54) is 26.8 Å². The van der Waals surface area contributed by atoms with E-state index < -0.39 is 52.6 Å². The fourth-order valence-corrected chi connectivity index (χ4v) is 3.53. The Morgan fingerprint density at radius 2 is 1.46 bits per heavy atom. The number of aliphatic hydroxyl groups excluding tert-OH is 2. The summed E-state index contributed by atoms with van der Waals surface area (Å²) in [6.07, 6.45) is 2.32. The molecule has 0 aliphatic heterocycles. The van der Waals surface area contributed by atoms with E-state index in [-0.39, 0.29) is 30.2 Å². The fourth-order valence-electron chi connectivity index (χ4n) is 3.53. The van der Waals surface area contributed by atoms with Gasteiger partial charge in [0.15, 0.2) is 0 Å². The highest BCUT2D eigenvalue weighted by Crippen LogP contribution is 2.39. The van der Waals surface area contributed by atoms with Crippen LogP contribution in [0.4, 0.5) is 11.8 Å². The molecule has 22 heteroatoms. The monoisotopic (exact) mass is 863 g/mol. The third-order valence-corrected chi connectivity index (χ3v) is 8.07. The number of aromatic nitrogens is 5. The van der Waals surface area contributed by atoms with Crippen molar-refractivity contribution in [2.75, 3.05) is 31.6 Å². The van der Waals surface area contributed by atoms with Crippen molar-refractivity contribution in [1.29, 1.82) is 0 Å². The fraction of sp³-hybridized carbons (Fsp3) is 0.487. The highest BCUT2D eigenvalue weighted by Gasteiger charge is 2.60. The van der Waals surface area contributed by atoms with Crippen LogP contribution in [-0.4, -0.2) is 141 Å². The normalized spacial score (nSPS) is 13.9. The summed E-state index contributed by atoms with van der Waals surface area (Å²) < 4.78 is 0. The van der Waals surface area contributed by atoms with Crippen LogP contribution in [0.2, 0.25) is 0 Å². The Morgan fingerprint density at radius 1 is 0.918 bits per heavy atom. The van der Waals surface area contributed by atoms with Crippen LogP contribution in [0.3, 0.4) is 0 Å². The van der Waals surface area contributed by atoms with E-state index in [1.54, 1.807) is 52.1 Å². The average molecular weight is 864 g/mol. The first-order valence-corrected chi connectivity index (χ1v) is 18.3. The average Bonchev–Trinajstić information content (AvgIpc) is 3.69. The van der Waals surface area contributed by atoms with Gasteiger partial charge in [-0.25, -0.2) is 9.98 Å². The summed E-state index contributed by atoms with van der Waals surface area (Å²) in [5, 5.41) is 82.1. The van der Waals surface area contributed by atoms with Gasteiger partial charge in [0, 0.05) is 30.8 Å². The number of anilines is 1. The number of Topliss-reactive ketones (excluding diaryl/α,β-unsaturated/α-hetero) is 1. The molecule has 0 aliphatic rings. The molecule has 0 fully saturated rings. The number of nitrogens with one attached hydrogen (secondary N) is 5. The van der Waals surface area contributed by atoms with Crippen LogP contribution >= 0.6 is 0 Å². The summed E-state index contributed by atoms with van der Waals surface area (Å²) in [5.74, 6) is -2.08. The molecule has 4 unspecified atom stereocenters. The van der Waals surface area contributed by atoms with Crippen molar-refractivity contribution in [1.82, 2.24) is 41.6 Å². The Balaban J connectivity index is -0.000000716. The third-order valence-electron chi connectivity index (χ3n) is 8.07. The molecule has 0 aromatic carbocycles. The van der Waals surface area contributed by atoms with Gasteiger partial charge in [0.2, 0.25) is 23.5 Å². The molecule has 0 saturated heterocycles. The summed E-state index contributed by atoms with van der Waals surface area (Å²) in [5.41, 5.74) is -2.76. The van der Waals surface area contributed by atoms with Crippen LogP contribution < -0.4 is 32.1 Å². The Hall–Kier alpha value is -6.04. The zero-order valence-corrected chi connectivity index (χ0v) is 36.7. The van der Waals surface area contributed by atoms with Crippen molar-refractivity contribution < 1.29 is 60.3 Å². The van der Waals surface area contributed by atoms with E-state index in [4.69, 9.17) is 10.2 Å². The lowest BCUT2D eigenvalue weighted by Gasteiger charge is -2.53. The molecule has 2 aromatic heterocycles. The number of ketones is 1. The zero-order chi connectivity index (χ0) is 48.4. The Labute approximate surface area is 356 Å². The quantitative estimate of drug-likeness (QED) is 0.0379. The molecule has 13 N–H and O–H groups in total. The molecule has 0 saturated carbocycles. The maximum absolute atomic E-state index is 11.5. The number of hydrogen-bond donors (Lipinski definition) is 11. The molecule has 2 rings (SSSR count). The van der Waals surface area contributed by atoms with Gasteiger partial charge in [0.1, 0.15) is 22.6 Å². The number of aromatic amines is 1. The van der Waals surface area contributed by atoms with Crippen molar-refractivity contribution in [3.63, 3.8) is 0 Å². The minimum Gasteiger partial charge on any atom is -0.858 e. The lowest BCUT2D eigenvalue weighted by Crippen LogP contribution is -2.75. The lowest BCUT2D eigenvalue weighted by atomic mass is 9.65. The second kappa shape index (κ2) is 28.4. The summed E-state index contributed by atoms with van der Waals surface area (Å²) in [4.78, 5) is 61.9. The maximum atomic E-state index is 11.5. The van der Waals surface area contributed by atoms with Crippen molar-refractivity contribution in [2.45, 2.75) is 97.7 Å². The van der Waals surface area contributed by atoms with Crippen LogP contribution in [0.15, 0.2) is 78.5 Å². The number of rotatable bonds is 16. The number of aliphatic imine (C=N–C) groups is 1. The molecule has 4 atom stereocenters. The number of hydrogen-bond acceptors (Lipinski definition) is 16. The molecule has 0 aliphatic carbocycles. The van der Waals surface area contributed by atoms with Crippen molar-refractivity contribution >= 4 is 47.1 Å². The first kappa shape index (κ1) is 59.3. The van der Waals surface area contributed by atoms with Gasteiger partial charge in [-0.15, -0.1) is 5.10 Å². The minimum absolute atomic E-state index is 0.0259. The third kappa shape index (κ3) is 23.4. The highest BCUT2D eigenvalue weighted by atomic mass is 16.4. The van der Waals surface area contributed by atoms with Crippen LogP contribution in [0.25, 0.3) is 0 Å². The molecule has 61 heavy (non-hydrogen) atoms. The van der Waals surface area contributed by atoms with Crippen LogP contribution in [0.1, 0.15) is 69.2 Å². The summed E-state index contributed by atoms with van der Waals surface area (Å²) in [6, 6.07) is 5.29. The first-order chi connectivity index (χ1) is 27.9. The molecule has 4 amide bonds. The van der Waals surface area contributed by atoms with Crippen molar-refractivity contribution in [3.05, 3.63) is 73.5 Å². The smallest absolute Gasteiger partial charge is 0.288 e. The second-order valence-corrected chi connectivity index (χ2v) is 14.3. The number of carbonyl (C=O) groups is 5.